The molecule has 2 aromatic rings. The molecule has 0 fully saturated rings. The van der Waals surface area contributed by atoms with Crippen LogP contribution in [0.25, 0.3) is 0 Å². The van der Waals surface area contributed by atoms with Crippen LogP contribution in [0.15, 0.2) is 41.4 Å². The van der Waals surface area contributed by atoms with Crippen LogP contribution in [0.2, 0.25) is 0 Å². The smallest absolute Gasteiger partial charge is 0.0638 e. The quantitative estimate of drug-likeness (QED) is 0.640. The van der Waals surface area contributed by atoms with E-state index in [4.69, 9.17) is 0 Å². The lowest BCUT2D eigenvalue weighted by Gasteiger charge is -2.04. The molecule has 18 heavy (non-hydrogen) atoms. The molecular formula is C14H19N3S. The molecule has 1 aromatic carbocycles. The van der Waals surface area contributed by atoms with Crippen LogP contribution >= 0.6 is 11.8 Å². The normalized spacial score (nSPS) is 10.8. The minimum absolute atomic E-state index is 0.898. The highest BCUT2D eigenvalue weighted by Gasteiger charge is 2.01. The number of nitrogens with zero attached hydrogens (tertiary/aromatic N) is 2. The second-order valence-corrected chi connectivity index (χ2v) is 5.42. The van der Waals surface area contributed by atoms with Crippen molar-refractivity contribution < 1.29 is 0 Å². The van der Waals surface area contributed by atoms with Crippen molar-refractivity contribution in [2.45, 2.75) is 18.4 Å². The van der Waals surface area contributed by atoms with Gasteiger partial charge in [-0.1, -0.05) is 18.2 Å². The van der Waals surface area contributed by atoms with E-state index in [1.54, 1.807) is 0 Å². The number of nitrogens with one attached hydrogen (secondary N) is 1. The Morgan fingerprint density at radius 3 is 2.72 bits per heavy atom. The Morgan fingerprint density at radius 1 is 1.28 bits per heavy atom. The molecule has 0 saturated heterocycles. The molecule has 0 saturated carbocycles. The number of aryl methyl sites for hydroxylation is 2. The monoisotopic (exact) mass is 261 g/mol. The van der Waals surface area contributed by atoms with Gasteiger partial charge in [0.1, 0.15) is 0 Å². The molecule has 0 unspecified atom stereocenters. The predicted molar refractivity (Wildman–Crippen MR) is 76.8 cm³/mol. The first-order valence-electron chi connectivity index (χ1n) is 6.13. The summed E-state index contributed by atoms with van der Waals surface area (Å²) in [6, 6.07) is 10.5. The minimum atomic E-state index is 0.898. The molecule has 0 amide bonds. The molecule has 0 radical (unpaired) electrons. The molecular weight excluding hydrogens is 242 g/mol. The van der Waals surface area contributed by atoms with E-state index in [0.717, 1.165) is 24.5 Å². The summed E-state index contributed by atoms with van der Waals surface area (Å²) in [5, 5.41) is 7.78. The number of hydrogen-bond acceptors (Lipinski definition) is 3. The van der Waals surface area contributed by atoms with E-state index in [1.165, 1.54) is 10.5 Å². The van der Waals surface area contributed by atoms with E-state index < -0.39 is 0 Å². The fourth-order valence-corrected chi connectivity index (χ4v) is 2.63. The van der Waals surface area contributed by atoms with Crippen LogP contribution in [0.1, 0.15) is 11.3 Å². The molecule has 0 bridgehead atoms. The summed E-state index contributed by atoms with van der Waals surface area (Å²) in [4.78, 5) is 1.33. The standard InChI is InChI=1S/C14H19N3S/c1-12-13(11-17(2)16-12)10-15-8-9-18-14-6-4-3-5-7-14/h3-7,11,15H,8-10H2,1-2H3. The Hall–Kier alpha value is -1.26. The van der Waals surface area contributed by atoms with E-state index in [2.05, 4.69) is 47.8 Å². The maximum atomic E-state index is 4.33. The molecule has 2 rings (SSSR count). The Balaban J connectivity index is 1.66. The van der Waals surface area contributed by atoms with Gasteiger partial charge in [-0.05, 0) is 19.1 Å². The Kier molecular flexibility index (Phi) is 4.84. The Bertz CT molecular complexity index is 479. The van der Waals surface area contributed by atoms with Crippen molar-refractivity contribution in [3.63, 3.8) is 0 Å². The first-order valence-corrected chi connectivity index (χ1v) is 7.12. The maximum absolute atomic E-state index is 4.33. The average molecular weight is 261 g/mol. The van der Waals surface area contributed by atoms with E-state index in [-0.39, 0.29) is 0 Å². The van der Waals surface area contributed by atoms with Gasteiger partial charge in [0.15, 0.2) is 0 Å². The highest BCUT2D eigenvalue weighted by Crippen LogP contribution is 2.15. The van der Waals surface area contributed by atoms with Gasteiger partial charge in [-0.3, -0.25) is 4.68 Å². The molecule has 0 atom stereocenters. The zero-order valence-electron chi connectivity index (χ0n) is 10.9. The number of aromatic nitrogens is 2. The van der Waals surface area contributed by atoms with Crippen LogP contribution in [-0.2, 0) is 13.6 Å². The first kappa shape index (κ1) is 13.2. The van der Waals surface area contributed by atoms with Crippen LogP contribution in [0.4, 0.5) is 0 Å². The molecule has 3 nitrogen and oxygen atoms in total. The van der Waals surface area contributed by atoms with Gasteiger partial charge in [-0.2, -0.15) is 5.10 Å². The van der Waals surface area contributed by atoms with Crippen LogP contribution in [0.3, 0.4) is 0 Å². The van der Waals surface area contributed by atoms with E-state index in [0.29, 0.717) is 0 Å². The van der Waals surface area contributed by atoms with Gasteiger partial charge in [0.05, 0.1) is 5.69 Å². The Labute approximate surface area is 113 Å². The average Bonchev–Trinajstić information content (AvgIpc) is 2.69. The summed E-state index contributed by atoms with van der Waals surface area (Å²) in [6.45, 7) is 3.96. The van der Waals surface area contributed by atoms with Gasteiger partial charge in [-0.25, -0.2) is 0 Å². The molecule has 1 N–H and O–H groups in total. The SMILES string of the molecule is Cc1nn(C)cc1CNCCSc1ccccc1. The van der Waals surface area contributed by atoms with Crippen molar-refractivity contribution in [3.05, 3.63) is 47.8 Å². The van der Waals surface area contributed by atoms with Gasteiger partial charge in [0.25, 0.3) is 0 Å². The van der Waals surface area contributed by atoms with E-state index in [9.17, 15) is 0 Å². The van der Waals surface area contributed by atoms with E-state index in [1.807, 2.05) is 29.6 Å². The predicted octanol–water partition coefficient (Wildman–Crippen LogP) is 2.61. The summed E-state index contributed by atoms with van der Waals surface area (Å²) in [5.41, 5.74) is 2.39. The molecule has 4 heteroatoms. The molecule has 96 valence electrons. The second-order valence-electron chi connectivity index (χ2n) is 4.25. The van der Waals surface area contributed by atoms with Crippen LogP contribution < -0.4 is 5.32 Å². The van der Waals surface area contributed by atoms with Gasteiger partial charge in [0.2, 0.25) is 0 Å². The molecule has 0 aliphatic rings. The first-order chi connectivity index (χ1) is 8.75. The van der Waals surface area contributed by atoms with Gasteiger partial charge >= 0.3 is 0 Å². The van der Waals surface area contributed by atoms with Crippen molar-refractivity contribution in [1.82, 2.24) is 15.1 Å². The lowest BCUT2D eigenvalue weighted by atomic mass is 10.3. The Morgan fingerprint density at radius 2 is 2.06 bits per heavy atom. The highest BCUT2D eigenvalue weighted by molar-refractivity contribution is 7.99. The van der Waals surface area contributed by atoms with Gasteiger partial charge < -0.3 is 5.32 Å². The fraction of sp³-hybridized carbons (Fsp3) is 0.357. The molecule has 0 spiro atoms. The number of rotatable bonds is 6. The molecule has 1 heterocycles. The van der Waals surface area contributed by atoms with Crippen molar-refractivity contribution in [3.8, 4) is 0 Å². The number of thioether (sulfide) groups is 1. The molecule has 0 aliphatic heterocycles. The van der Waals surface area contributed by atoms with Crippen molar-refractivity contribution in [2.24, 2.45) is 7.05 Å². The summed E-state index contributed by atoms with van der Waals surface area (Å²) >= 11 is 1.88. The van der Waals surface area contributed by atoms with Gasteiger partial charge in [-0.15, -0.1) is 11.8 Å². The zero-order chi connectivity index (χ0) is 12.8. The third kappa shape index (κ3) is 3.89. The summed E-state index contributed by atoms with van der Waals surface area (Å²) in [7, 11) is 1.96. The second kappa shape index (κ2) is 6.61. The van der Waals surface area contributed by atoms with Crippen molar-refractivity contribution in [1.29, 1.82) is 0 Å². The minimum Gasteiger partial charge on any atom is -0.312 e. The van der Waals surface area contributed by atoms with Crippen molar-refractivity contribution in [2.75, 3.05) is 12.3 Å². The zero-order valence-corrected chi connectivity index (χ0v) is 11.7. The van der Waals surface area contributed by atoms with Crippen molar-refractivity contribution >= 4 is 11.8 Å². The lowest BCUT2D eigenvalue weighted by Crippen LogP contribution is -2.16. The van der Waals surface area contributed by atoms with Crippen LogP contribution in [-0.4, -0.2) is 22.1 Å². The summed E-state index contributed by atoms with van der Waals surface area (Å²) in [5.74, 6) is 1.09. The van der Waals surface area contributed by atoms with Crippen LogP contribution in [0.5, 0.6) is 0 Å². The molecule has 0 aliphatic carbocycles. The third-order valence-corrected chi connectivity index (χ3v) is 3.74. The highest BCUT2D eigenvalue weighted by atomic mass is 32.2. The fourth-order valence-electron chi connectivity index (χ4n) is 1.80. The summed E-state index contributed by atoms with van der Waals surface area (Å²) < 4.78 is 1.87. The topological polar surface area (TPSA) is 29.9 Å². The van der Waals surface area contributed by atoms with Crippen LogP contribution in [0, 0.1) is 6.92 Å². The number of benzene rings is 1. The largest absolute Gasteiger partial charge is 0.312 e. The third-order valence-electron chi connectivity index (χ3n) is 2.72. The van der Waals surface area contributed by atoms with Gasteiger partial charge in [0, 0.05) is 42.5 Å². The maximum Gasteiger partial charge on any atom is 0.0638 e. The summed E-state index contributed by atoms with van der Waals surface area (Å²) in [6.07, 6.45) is 2.08. The molecule has 1 aromatic heterocycles. The van der Waals surface area contributed by atoms with E-state index >= 15 is 0 Å². The number of hydrogen-bond donors (Lipinski definition) is 1. The lowest BCUT2D eigenvalue weighted by molar-refractivity contribution is 0.727.